The molecule has 2 heterocycles. The highest BCUT2D eigenvalue weighted by atomic mass is 16.5. The largest absolute Gasteiger partial charge is 0.371 e. The molecule has 0 radical (unpaired) electrons. The second-order valence-electron chi connectivity index (χ2n) is 7.15. The first kappa shape index (κ1) is 10.5. The molecule has 2 saturated heterocycles. The summed E-state index contributed by atoms with van der Waals surface area (Å²) < 4.78 is 6.46. The molecule has 2 heteroatoms. The molecule has 2 aliphatic carbocycles. The van der Waals surface area contributed by atoms with E-state index >= 15 is 0 Å². The van der Waals surface area contributed by atoms with E-state index in [1.54, 1.807) is 0 Å². The Kier molecular flexibility index (Phi) is 1.95. The van der Waals surface area contributed by atoms with Crippen molar-refractivity contribution in [3.8, 4) is 0 Å². The lowest BCUT2D eigenvalue weighted by Gasteiger charge is -2.35. The molecule has 0 aromatic rings. The second kappa shape index (κ2) is 3.14. The van der Waals surface area contributed by atoms with Gasteiger partial charge in [-0.15, -0.1) is 0 Å². The van der Waals surface area contributed by atoms with Crippen LogP contribution >= 0.6 is 0 Å². The summed E-state index contributed by atoms with van der Waals surface area (Å²) in [5.74, 6) is 1.47. The number of hydrogen-bond acceptors (Lipinski definition) is 2. The van der Waals surface area contributed by atoms with Gasteiger partial charge < -0.3 is 4.74 Å². The van der Waals surface area contributed by atoms with Gasteiger partial charge in [0.25, 0.3) is 0 Å². The van der Waals surface area contributed by atoms with Gasteiger partial charge in [0.15, 0.2) is 0 Å². The van der Waals surface area contributed by atoms with E-state index in [1.165, 1.54) is 32.1 Å². The van der Waals surface area contributed by atoms with E-state index in [1.807, 2.05) is 0 Å². The number of ketones is 1. The smallest absolute Gasteiger partial charge is 0.139 e. The Hall–Kier alpha value is -0.370. The summed E-state index contributed by atoms with van der Waals surface area (Å²) >= 11 is 0. The fraction of sp³-hybridized carbons (Fsp3) is 0.933. The minimum absolute atomic E-state index is 0.193. The van der Waals surface area contributed by atoms with Crippen molar-refractivity contribution in [1.29, 1.82) is 0 Å². The Bertz CT molecular complexity index is 377. The van der Waals surface area contributed by atoms with Crippen molar-refractivity contribution in [3.05, 3.63) is 0 Å². The highest BCUT2D eigenvalue weighted by molar-refractivity contribution is 5.85. The minimum atomic E-state index is 0.193. The van der Waals surface area contributed by atoms with Crippen LogP contribution in [0.5, 0.6) is 0 Å². The Morgan fingerprint density at radius 1 is 1.24 bits per heavy atom. The molecule has 2 bridgehead atoms. The molecule has 0 amide bonds. The summed E-state index contributed by atoms with van der Waals surface area (Å²) in [6.45, 7) is 2.36. The van der Waals surface area contributed by atoms with Crippen LogP contribution in [0.3, 0.4) is 0 Å². The Morgan fingerprint density at radius 3 is 3.00 bits per heavy atom. The maximum absolute atomic E-state index is 12.2. The van der Waals surface area contributed by atoms with E-state index in [0.29, 0.717) is 5.78 Å². The van der Waals surface area contributed by atoms with Gasteiger partial charge in [0, 0.05) is 12.3 Å². The topological polar surface area (TPSA) is 26.3 Å². The molecule has 4 fully saturated rings. The Labute approximate surface area is 103 Å². The molecule has 4 rings (SSSR count). The predicted octanol–water partition coefficient (Wildman–Crippen LogP) is 3.09. The molecule has 17 heavy (non-hydrogen) atoms. The average molecular weight is 234 g/mol. The molecule has 2 aliphatic heterocycles. The molecule has 0 aromatic carbocycles. The summed E-state index contributed by atoms with van der Waals surface area (Å²) in [5, 5.41) is 0. The van der Waals surface area contributed by atoms with Gasteiger partial charge in [0.1, 0.15) is 5.78 Å². The molecule has 0 unspecified atom stereocenters. The Balaban J connectivity index is 1.78. The van der Waals surface area contributed by atoms with Gasteiger partial charge in [-0.3, -0.25) is 4.79 Å². The van der Waals surface area contributed by atoms with Gasteiger partial charge in [0.2, 0.25) is 0 Å². The number of ether oxygens (including phenoxy) is 1. The van der Waals surface area contributed by atoms with Crippen LogP contribution in [0, 0.1) is 17.3 Å². The van der Waals surface area contributed by atoms with Crippen LogP contribution in [0.1, 0.15) is 58.3 Å². The highest BCUT2D eigenvalue weighted by Gasteiger charge is 2.61. The third kappa shape index (κ3) is 1.23. The van der Waals surface area contributed by atoms with Gasteiger partial charge in [-0.2, -0.15) is 0 Å². The van der Waals surface area contributed by atoms with Gasteiger partial charge in [-0.25, -0.2) is 0 Å². The number of fused-ring (bicyclic) bond motifs is 3. The average Bonchev–Trinajstić information content (AvgIpc) is 2.91. The minimum Gasteiger partial charge on any atom is -0.371 e. The lowest BCUT2D eigenvalue weighted by Crippen LogP contribution is -2.35. The number of Topliss-reactive ketones (excluding diaryl/α,β-unsaturated/α-hetero) is 1. The van der Waals surface area contributed by atoms with Crippen molar-refractivity contribution in [2.45, 2.75) is 70.0 Å². The van der Waals surface area contributed by atoms with E-state index in [9.17, 15) is 4.79 Å². The summed E-state index contributed by atoms with van der Waals surface area (Å²) in [5.41, 5.74) is 0.456. The summed E-state index contributed by atoms with van der Waals surface area (Å²) in [7, 11) is 0. The second-order valence-corrected chi connectivity index (χ2v) is 7.15. The first-order valence-electron chi connectivity index (χ1n) is 7.34. The summed E-state index contributed by atoms with van der Waals surface area (Å²) in [6.07, 6.45) is 9.73. The molecule has 0 N–H and O–H groups in total. The van der Waals surface area contributed by atoms with Gasteiger partial charge in [0.05, 0.1) is 11.7 Å². The molecule has 4 aliphatic rings. The zero-order valence-corrected chi connectivity index (χ0v) is 10.7. The van der Waals surface area contributed by atoms with Crippen molar-refractivity contribution in [2.75, 3.05) is 0 Å². The molecular formula is C15H22O2. The van der Waals surface area contributed by atoms with Crippen molar-refractivity contribution < 1.29 is 9.53 Å². The molecule has 94 valence electrons. The van der Waals surface area contributed by atoms with E-state index in [2.05, 4.69) is 6.92 Å². The first-order valence-corrected chi connectivity index (χ1v) is 7.34. The fourth-order valence-corrected chi connectivity index (χ4v) is 5.48. The van der Waals surface area contributed by atoms with E-state index in [-0.39, 0.29) is 23.0 Å². The SMILES string of the molecule is C[C@]12CCC(=O)[C@H]1[C@H]1CC[C@]3(CCC[C@H]3C2)O1. The van der Waals surface area contributed by atoms with E-state index in [0.717, 1.165) is 25.2 Å². The Morgan fingerprint density at radius 2 is 2.12 bits per heavy atom. The molecular weight excluding hydrogens is 212 g/mol. The summed E-state index contributed by atoms with van der Waals surface area (Å²) in [6, 6.07) is 0. The molecule has 2 saturated carbocycles. The maximum atomic E-state index is 12.2. The third-order valence-corrected chi connectivity index (χ3v) is 6.26. The number of rotatable bonds is 0. The van der Waals surface area contributed by atoms with Gasteiger partial charge in [-0.05, 0) is 49.9 Å². The lowest BCUT2D eigenvalue weighted by molar-refractivity contribution is -0.129. The zero-order chi connectivity index (χ0) is 11.7. The van der Waals surface area contributed by atoms with Crippen LogP contribution in [0.4, 0.5) is 0 Å². The van der Waals surface area contributed by atoms with E-state index in [4.69, 9.17) is 4.74 Å². The zero-order valence-electron chi connectivity index (χ0n) is 10.7. The van der Waals surface area contributed by atoms with Gasteiger partial charge in [-0.1, -0.05) is 13.3 Å². The van der Waals surface area contributed by atoms with Crippen LogP contribution in [0.2, 0.25) is 0 Å². The monoisotopic (exact) mass is 234 g/mol. The predicted molar refractivity (Wildman–Crippen MR) is 64.6 cm³/mol. The molecule has 0 aromatic heterocycles. The van der Waals surface area contributed by atoms with Crippen LogP contribution < -0.4 is 0 Å². The number of hydrogen-bond donors (Lipinski definition) is 0. The quantitative estimate of drug-likeness (QED) is 0.644. The fourth-order valence-electron chi connectivity index (χ4n) is 5.48. The highest BCUT2D eigenvalue weighted by Crippen LogP contribution is 2.61. The molecule has 5 atom stereocenters. The van der Waals surface area contributed by atoms with Crippen LogP contribution in [-0.2, 0) is 9.53 Å². The maximum Gasteiger partial charge on any atom is 0.139 e. The van der Waals surface area contributed by atoms with Crippen molar-refractivity contribution in [3.63, 3.8) is 0 Å². The number of carbonyl (C=O) groups excluding carboxylic acids is 1. The van der Waals surface area contributed by atoms with Crippen molar-refractivity contribution >= 4 is 5.78 Å². The van der Waals surface area contributed by atoms with E-state index < -0.39 is 0 Å². The number of carbonyl (C=O) groups is 1. The van der Waals surface area contributed by atoms with Crippen LogP contribution in [0.25, 0.3) is 0 Å². The van der Waals surface area contributed by atoms with Crippen LogP contribution in [0.15, 0.2) is 0 Å². The van der Waals surface area contributed by atoms with Crippen LogP contribution in [-0.4, -0.2) is 17.5 Å². The molecule has 2 nitrogen and oxygen atoms in total. The van der Waals surface area contributed by atoms with Crippen molar-refractivity contribution in [2.24, 2.45) is 17.3 Å². The van der Waals surface area contributed by atoms with Crippen molar-refractivity contribution in [1.82, 2.24) is 0 Å². The normalized spacial score (nSPS) is 56.8. The standard InChI is InChI=1S/C15H22O2/c1-14-7-4-11(16)13(14)12-5-8-15(17-12)6-2-3-10(15)9-14/h10,12-13H,2-9H2,1H3/t10-,12+,13-,14+,15-/m0/s1. The third-order valence-electron chi connectivity index (χ3n) is 6.26. The summed E-state index contributed by atoms with van der Waals surface area (Å²) in [4.78, 5) is 12.2. The van der Waals surface area contributed by atoms with Gasteiger partial charge >= 0.3 is 0 Å². The lowest BCUT2D eigenvalue weighted by atomic mass is 9.67. The molecule has 1 spiro atoms. The first-order chi connectivity index (χ1) is 8.13.